The summed E-state index contributed by atoms with van der Waals surface area (Å²) in [7, 11) is 2.06. The number of benzene rings is 2. The van der Waals surface area contributed by atoms with E-state index in [2.05, 4.69) is 29.8 Å². The Kier molecular flexibility index (Phi) is 4.14. The smallest absolute Gasteiger partial charge is 0.152 e. The fourth-order valence-corrected chi connectivity index (χ4v) is 3.19. The molecule has 4 heteroatoms. The molecule has 0 amide bonds. The van der Waals surface area contributed by atoms with Gasteiger partial charge in [-0.2, -0.15) is 0 Å². The first-order valence-corrected chi connectivity index (χ1v) is 8.76. The molecule has 0 saturated carbocycles. The fraction of sp³-hybridized carbons (Fsp3) is 0.222. The number of aryl methyl sites for hydroxylation is 1. The maximum absolute atomic E-state index is 11.4. The van der Waals surface area contributed by atoms with Crippen molar-refractivity contribution in [3.05, 3.63) is 60.3 Å². The van der Waals surface area contributed by atoms with Gasteiger partial charge in [-0.25, -0.2) is 0 Å². The van der Waals surface area contributed by atoms with E-state index in [0.29, 0.717) is 0 Å². The zero-order valence-corrected chi connectivity index (χ0v) is 13.8. The van der Waals surface area contributed by atoms with Gasteiger partial charge in [0.25, 0.3) is 0 Å². The third-order valence-corrected chi connectivity index (χ3v) is 4.81. The summed E-state index contributed by atoms with van der Waals surface area (Å²) in [5.41, 5.74) is 2.33. The molecule has 3 aromatic rings. The van der Waals surface area contributed by atoms with E-state index in [-0.39, 0.29) is 6.10 Å². The van der Waals surface area contributed by atoms with Crippen LogP contribution in [-0.2, 0) is 18.2 Å². The minimum atomic E-state index is -0.960. The highest BCUT2D eigenvalue weighted by Crippen LogP contribution is 2.27. The summed E-state index contributed by atoms with van der Waals surface area (Å²) in [5, 5.41) is 1.21. The molecule has 0 fully saturated rings. The van der Waals surface area contributed by atoms with Crippen molar-refractivity contribution in [3.8, 4) is 5.75 Å². The molecule has 22 heavy (non-hydrogen) atoms. The molecule has 2 aromatic carbocycles. The Morgan fingerprint density at radius 2 is 1.77 bits per heavy atom. The van der Waals surface area contributed by atoms with Crippen LogP contribution in [0.1, 0.15) is 18.7 Å². The largest absolute Gasteiger partial charge is 0.612 e. The molecular weight excluding hydrogens is 294 g/mol. The standard InChI is InChI=1S/C18H19NO2S/c1-13(21-15-8-10-16(11-9-15)22(3)20)18-12-14-6-4-5-7-17(14)19(18)2/h4-13H,1-3H3. The minimum Gasteiger partial charge on any atom is -0.612 e. The number of rotatable bonds is 4. The van der Waals surface area contributed by atoms with Crippen LogP contribution < -0.4 is 4.74 Å². The first-order chi connectivity index (χ1) is 10.6. The van der Waals surface area contributed by atoms with Gasteiger partial charge in [0.1, 0.15) is 18.1 Å². The van der Waals surface area contributed by atoms with Crippen molar-refractivity contribution in [1.82, 2.24) is 4.57 Å². The molecule has 0 aliphatic rings. The van der Waals surface area contributed by atoms with E-state index in [1.165, 1.54) is 10.9 Å². The first kappa shape index (κ1) is 15.0. The molecule has 0 radical (unpaired) electrons. The SMILES string of the molecule is CC(Oc1ccc([S+](C)[O-])cc1)c1cc2ccccc2n1C. The van der Waals surface area contributed by atoms with Gasteiger partial charge in [-0.1, -0.05) is 18.2 Å². The van der Waals surface area contributed by atoms with E-state index >= 15 is 0 Å². The Bertz CT molecular complexity index is 777. The van der Waals surface area contributed by atoms with Crippen LogP contribution in [0.4, 0.5) is 0 Å². The number of hydrogen-bond donors (Lipinski definition) is 0. The Labute approximate surface area is 133 Å². The summed E-state index contributed by atoms with van der Waals surface area (Å²) >= 11 is -0.960. The van der Waals surface area contributed by atoms with Crippen molar-refractivity contribution in [2.75, 3.05) is 6.26 Å². The van der Waals surface area contributed by atoms with Crippen LogP contribution in [0.25, 0.3) is 10.9 Å². The molecule has 2 atom stereocenters. The van der Waals surface area contributed by atoms with E-state index < -0.39 is 11.2 Å². The normalized spacial score (nSPS) is 14.0. The number of para-hydroxylation sites is 1. The van der Waals surface area contributed by atoms with Crippen LogP contribution in [0.3, 0.4) is 0 Å². The van der Waals surface area contributed by atoms with Crippen molar-refractivity contribution < 1.29 is 9.29 Å². The van der Waals surface area contributed by atoms with Gasteiger partial charge in [-0.15, -0.1) is 0 Å². The van der Waals surface area contributed by atoms with E-state index in [1.807, 2.05) is 43.3 Å². The lowest BCUT2D eigenvalue weighted by Gasteiger charge is -2.16. The summed E-state index contributed by atoms with van der Waals surface area (Å²) in [6.07, 6.45) is 1.61. The second-order valence-corrected chi connectivity index (χ2v) is 6.75. The predicted octanol–water partition coefficient (Wildman–Crippen LogP) is 4.06. The molecule has 114 valence electrons. The van der Waals surface area contributed by atoms with Crippen LogP contribution in [0, 0.1) is 0 Å². The number of nitrogens with zero attached hydrogens (tertiary/aromatic N) is 1. The molecule has 0 aliphatic heterocycles. The Morgan fingerprint density at radius 1 is 1.09 bits per heavy atom. The van der Waals surface area contributed by atoms with Gasteiger partial charge in [0.05, 0.1) is 5.69 Å². The molecule has 0 N–H and O–H groups in total. The summed E-state index contributed by atoms with van der Waals surface area (Å²) in [6, 6.07) is 17.9. The third-order valence-electron chi connectivity index (χ3n) is 3.87. The molecule has 3 rings (SSSR count). The summed E-state index contributed by atoms with van der Waals surface area (Å²) in [6.45, 7) is 2.04. The van der Waals surface area contributed by atoms with E-state index in [9.17, 15) is 4.55 Å². The molecule has 0 bridgehead atoms. The third kappa shape index (κ3) is 2.85. The van der Waals surface area contributed by atoms with Crippen molar-refractivity contribution >= 4 is 22.1 Å². The number of ether oxygens (including phenoxy) is 1. The van der Waals surface area contributed by atoms with Crippen molar-refractivity contribution in [1.29, 1.82) is 0 Å². The Hall–Kier alpha value is -1.91. The van der Waals surface area contributed by atoms with E-state index in [4.69, 9.17) is 4.74 Å². The summed E-state index contributed by atoms with van der Waals surface area (Å²) < 4.78 is 19.6. The van der Waals surface area contributed by atoms with Gasteiger partial charge in [-0.05, 0) is 59.9 Å². The van der Waals surface area contributed by atoms with Crippen molar-refractivity contribution in [3.63, 3.8) is 0 Å². The van der Waals surface area contributed by atoms with Crippen LogP contribution >= 0.6 is 0 Å². The molecule has 2 unspecified atom stereocenters. The van der Waals surface area contributed by atoms with E-state index in [0.717, 1.165) is 16.3 Å². The topological polar surface area (TPSA) is 37.2 Å². The Morgan fingerprint density at radius 3 is 2.41 bits per heavy atom. The number of aromatic nitrogens is 1. The highest BCUT2D eigenvalue weighted by atomic mass is 32.2. The van der Waals surface area contributed by atoms with Gasteiger partial charge in [0.15, 0.2) is 4.90 Å². The van der Waals surface area contributed by atoms with Crippen molar-refractivity contribution in [2.45, 2.75) is 17.9 Å². The predicted molar refractivity (Wildman–Crippen MR) is 90.7 cm³/mol. The summed E-state index contributed by atoms with van der Waals surface area (Å²) in [5.74, 6) is 0.784. The Balaban J connectivity index is 1.83. The average Bonchev–Trinajstić information content (AvgIpc) is 2.85. The van der Waals surface area contributed by atoms with Crippen molar-refractivity contribution in [2.24, 2.45) is 7.05 Å². The molecule has 0 spiro atoms. The van der Waals surface area contributed by atoms with Gasteiger partial charge in [0.2, 0.25) is 0 Å². The zero-order valence-electron chi connectivity index (χ0n) is 12.9. The maximum atomic E-state index is 11.4. The lowest BCUT2D eigenvalue weighted by Crippen LogP contribution is -2.08. The number of hydrogen-bond acceptors (Lipinski definition) is 2. The monoisotopic (exact) mass is 313 g/mol. The van der Waals surface area contributed by atoms with Crippen LogP contribution in [-0.4, -0.2) is 15.4 Å². The molecule has 3 nitrogen and oxygen atoms in total. The number of fused-ring (bicyclic) bond motifs is 1. The first-order valence-electron chi connectivity index (χ1n) is 7.21. The van der Waals surface area contributed by atoms with Crippen LogP contribution in [0.2, 0.25) is 0 Å². The second kappa shape index (κ2) is 6.07. The van der Waals surface area contributed by atoms with Crippen LogP contribution in [0.15, 0.2) is 59.5 Å². The molecular formula is C18H19NO2S. The highest BCUT2D eigenvalue weighted by molar-refractivity contribution is 7.90. The average molecular weight is 313 g/mol. The summed E-state index contributed by atoms with van der Waals surface area (Å²) in [4.78, 5) is 0.810. The van der Waals surface area contributed by atoms with Gasteiger partial charge in [0, 0.05) is 12.6 Å². The highest BCUT2D eigenvalue weighted by Gasteiger charge is 2.14. The zero-order chi connectivity index (χ0) is 15.7. The lowest BCUT2D eigenvalue weighted by atomic mass is 10.2. The fourth-order valence-electron chi connectivity index (χ4n) is 2.67. The molecule has 0 aliphatic carbocycles. The maximum Gasteiger partial charge on any atom is 0.152 e. The van der Waals surface area contributed by atoms with Crippen LogP contribution in [0.5, 0.6) is 5.75 Å². The molecule has 1 aromatic heterocycles. The molecule has 0 saturated heterocycles. The van der Waals surface area contributed by atoms with Gasteiger partial charge < -0.3 is 13.9 Å². The van der Waals surface area contributed by atoms with Gasteiger partial charge in [-0.3, -0.25) is 0 Å². The molecule has 1 heterocycles. The quantitative estimate of drug-likeness (QED) is 0.681. The van der Waals surface area contributed by atoms with Gasteiger partial charge >= 0.3 is 0 Å². The lowest BCUT2D eigenvalue weighted by molar-refractivity contribution is 0.218. The van der Waals surface area contributed by atoms with E-state index in [1.54, 1.807) is 6.26 Å². The second-order valence-electron chi connectivity index (χ2n) is 5.37. The minimum absolute atomic E-state index is 0.0598.